The van der Waals surface area contributed by atoms with E-state index in [0.717, 1.165) is 11.3 Å². The lowest BCUT2D eigenvalue weighted by atomic mass is 10.1. The van der Waals surface area contributed by atoms with Crippen LogP contribution in [0, 0.1) is 6.92 Å². The number of carbonyl (C=O) groups is 1. The Morgan fingerprint density at radius 3 is 2.50 bits per heavy atom. The highest BCUT2D eigenvalue weighted by Crippen LogP contribution is 2.21. The van der Waals surface area contributed by atoms with Gasteiger partial charge in [-0.05, 0) is 43.3 Å². The van der Waals surface area contributed by atoms with Crippen molar-refractivity contribution in [1.82, 2.24) is 0 Å². The van der Waals surface area contributed by atoms with E-state index in [1.807, 2.05) is 31.0 Å². The Hall–Kier alpha value is -2.53. The van der Waals surface area contributed by atoms with E-state index >= 15 is 0 Å². The average molecular weight is 300 g/mol. The van der Waals surface area contributed by atoms with Crippen molar-refractivity contribution in [2.24, 2.45) is 0 Å². The quantitative estimate of drug-likeness (QED) is 0.792. The number of nitrogens with zero attached hydrogens (tertiary/aromatic N) is 1. The molecule has 22 heavy (non-hydrogen) atoms. The van der Waals surface area contributed by atoms with E-state index in [1.54, 1.807) is 24.3 Å². The number of carbonyl (C=O) groups excluding carboxylic acids is 1. The number of phenolic OH excluding ortho intramolecular Hbond substituents is 1. The molecule has 1 amide bonds. The monoisotopic (exact) mass is 300 g/mol. The van der Waals surface area contributed by atoms with Gasteiger partial charge in [0, 0.05) is 25.0 Å². The zero-order valence-corrected chi connectivity index (χ0v) is 12.7. The first-order chi connectivity index (χ1) is 10.5. The number of aliphatic hydroxyl groups is 1. The number of amides is 1. The summed E-state index contributed by atoms with van der Waals surface area (Å²) in [5, 5.41) is 21.4. The van der Waals surface area contributed by atoms with Crippen molar-refractivity contribution in [3.63, 3.8) is 0 Å². The Balaban J connectivity index is 2.10. The van der Waals surface area contributed by atoms with Crippen LogP contribution in [-0.2, 0) is 0 Å². The van der Waals surface area contributed by atoms with Gasteiger partial charge in [0.15, 0.2) is 0 Å². The molecule has 5 heteroatoms. The molecule has 3 N–H and O–H groups in total. The van der Waals surface area contributed by atoms with E-state index in [1.165, 1.54) is 6.07 Å². The molecule has 0 saturated heterocycles. The largest absolute Gasteiger partial charge is 0.507 e. The molecular formula is C17H20N2O3. The maximum Gasteiger partial charge on any atom is 0.259 e. The molecule has 0 radical (unpaired) electrons. The van der Waals surface area contributed by atoms with E-state index < -0.39 is 0 Å². The molecule has 0 saturated carbocycles. The molecule has 0 bridgehead atoms. The van der Waals surface area contributed by atoms with Crippen molar-refractivity contribution in [2.45, 2.75) is 6.92 Å². The minimum Gasteiger partial charge on any atom is -0.507 e. The number of aryl methyl sites for hydroxylation is 1. The molecule has 0 atom stereocenters. The Morgan fingerprint density at radius 2 is 1.86 bits per heavy atom. The van der Waals surface area contributed by atoms with Crippen LogP contribution in [0.15, 0.2) is 42.5 Å². The maximum atomic E-state index is 12.2. The van der Waals surface area contributed by atoms with Gasteiger partial charge in [-0.3, -0.25) is 4.79 Å². The number of phenols is 1. The number of rotatable bonds is 5. The second kappa shape index (κ2) is 6.95. The highest BCUT2D eigenvalue weighted by atomic mass is 16.3. The van der Waals surface area contributed by atoms with Gasteiger partial charge in [0.1, 0.15) is 5.75 Å². The van der Waals surface area contributed by atoms with Crippen LogP contribution in [0.4, 0.5) is 11.4 Å². The summed E-state index contributed by atoms with van der Waals surface area (Å²) in [4.78, 5) is 14.1. The van der Waals surface area contributed by atoms with Crippen LogP contribution in [0.5, 0.6) is 5.75 Å². The molecule has 0 heterocycles. The van der Waals surface area contributed by atoms with Gasteiger partial charge in [-0.15, -0.1) is 0 Å². The fourth-order valence-corrected chi connectivity index (χ4v) is 2.11. The SMILES string of the molecule is Cc1ccc(O)c(C(=O)Nc2ccc(N(C)CCO)cc2)c1. The molecule has 2 aromatic carbocycles. The first-order valence-electron chi connectivity index (χ1n) is 7.04. The first-order valence-corrected chi connectivity index (χ1v) is 7.04. The predicted octanol–water partition coefficient (Wildman–Crippen LogP) is 2.38. The van der Waals surface area contributed by atoms with Crippen LogP contribution >= 0.6 is 0 Å². The van der Waals surface area contributed by atoms with E-state index in [-0.39, 0.29) is 23.8 Å². The summed E-state index contributed by atoms with van der Waals surface area (Å²) in [6.45, 7) is 2.49. The number of likely N-dealkylation sites (N-methyl/N-ethyl adjacent to an activating group) is 1. The highest BCUT2D eigenvalue weighted by Gasteiger charge is 2.11. The number of nitrogens with one attached hydrogen (secondary N) is 1. The number of hydrogen-bond acceptors (Lipinski definition) is 4. The molecular weight excluding hydrogens is 280 g/mol. The molecule has 5 nitrogen and oxygen atoms in total. The number of aliphatic hydroxyl groups excluding tert-OH is 1. The minimum absolute atomic E-state index is 0.0394. The summed E-state index contributed by atoms with van der Waals surface area (Å²) in [5.41, 5.74) is 2.75. The van der Waals surface area contributed by atoms with Crippen LogP contribution in [0.3, 0.4) is 0 Å². The highest BCUT2D eigenvalue weighted by molar-refractivity contribution is 6.06. The fourth-order valence-electron chi connectivity index (χ4n) is 2.11. The van der Waals surface area contributed by atoms with Gasteiger partial charge < -0.3 is 20.4 Å². The first kappa shape index (κ1) is 15.9. The van der Waals surface area contributed by atoms with Crippen LogP contribution < -0.4 is 10.2 Å². The number of aromatic hydroxyl groups is 1. The summed E-state index contributed by atoms with van der Waals surface area (Å²) in [6, 6.07) is 12.2. The van der Waals surface area contributed by atoms with Crippen LogP contribution in [-0.4, -0.2) is 36.3 Å². The summed E-state index contributed by atoms with van der Waals surface area (Å²) in [6.07, 6.45) is 0. The average Bonchev–Trinajstić information content (AvgIpc) is 2.50. The number of anilines is 2. The summed E-state index contributed by atoms with van der Waals surface area (Å²) in [5.74, 6) is -0.389. The molecule has 2 aromatic rings. The summed E-state index contributed by atoms with van der Waals surface area (Å²) < 4.78 is 0. The van der Waals surface area contributed by atoms with E-state index in [2.05, 4.69) is 5.32 Å². The Labute approximate surface area is 129 Å². The predicted molar refractivity (Wildman–Crippen MR) is 87.6 cm³/mol. The van der Waals surface area contributed by atoms with Crippen LogP contribution in [0.25, 0.3) is 0 Å². The standard InChI is InChI=1S/C17H20N2O3/c1-12-3-8-16(21)15(11-12)17(22)18-13-4-6-14(7-5-13)19(2)9-10-20/h3-8,11,20-21H,9-10H2,1-2H3,(H,18,22). The third kappa shape index (κ3) is 3.77. The van der Waals surface area contributed by atoms with E-state index in [4.69, 9.17) is 5.11 Å². The summed E-state index contributed by atoms with van der Waals surface area (Å²) in [7, 11) is 1.88. The Bertz CT molecular complexity index is 653. The van der Waals surface area contributed by atoms with Crippen molar-refractivity contribution < 1.29 is 15.0 Å². The number of hydrogen-bond donors (Lipinski definition) is 3. The molecule has 0 aliphatic rings. The number of benzene rings is 2. The van der Waals surface area contributed by atoms with Gasteiger partial charge in [-0.25, -0.2) is 0 Å². The molecule has 0 fully saturated rings. The zero-order valence-electron chi connectivity index (χ0n) is 12.7. The topological polar surface area (TPSA) is 72.8 Å². The van der Waals surface area contributed by atoms with Crippen LogP contribution in [0.2, 0.25) is 0 Å². The lowest BCUT2D eigenvalue weighted by Gasteiger charge is -2.18. The van der Waals surface area contributed by atoms with E-state index in [9.17, 15) is 9.90 Å². The third-order valence-corrected chi connectivity index (χ3v) is 3.40. The van der Waals surface area contributed by atoms with Gasteiger partial charge in [0.25, 0.3) is 5.91 Å². The van der Waals surface area contributed by atoms with Crippen molar-refractivity contribution in [2.75, 3.05) is 30.4 Å². The minimum atomic E-state index is -0.349. The van der Waals surface area contributed by atoms with Gasteiger partial charge in [-0.1, -0.05) is 11.6 Å². The van der Waals surface area contributed by atoms with Gasteiger partial charge in [-0.2, -0.15) is 0 Å². The molecule has 0 unspecified atom stereocenters. The molecule has 0 aromatic heterocycles. The normalized spacial score (nSPS) is 10.3. The Kier molecular flexibility index (Phi) is 5.01. The van der Waals surface area contributed by atoms with Gasteiger partial charge in [0.2, 0.25) is 0 Å². The van der Waals surface area contributed by atoms with Crippen molar-refractivity contribution in [3.05, 3.63) is 53.6 Å². The zero-order chi connectivity index (χ0) is 16.1. The van der Waals surface area contributed by atoms with Crippen molar-refractivity contribution in [1.29, 1.82) is 0 Å². The van der Waals surface area contributed by atoms with Crippen molar-refractivity contribution >= 4 is 17.3 Å². The molecule has 116 valence electrons. The van der Waals surface area contributed by atoms with Crippen LogP contribution in [0.1, 0.15) is 15.9 Å². The third-order valence-electron chi connectivity index (χ3n) is 3.40. The van der Waals surface area contributed by atoms with E-state index in [0.29, 0.717) is 12.2 Å². The Morgan fingerprint density at radius 1 is 1.18 bits per heavy atom. The second-order valence-electron chi connectivity index (χ2n) is 5.17. The van der Waals surface area contributed by atoms with Gasteiger partial charge in [0.05, 0.1) is 12.2 Å². The lowest BCUT2D eigenvalue weighted by Crippen LogP contribution is -2.21. The maximum absolute atomic E-state index is 12.2. The fraction of sp³-hybridized carbons (Fsp3) is 0.235. The second-order valence-corrected chi connectivity index (χ2v) is 5.17. The smallest absolute Gasteiger partial charge is 0.259 e. The molecule has 0 aliphatic carbocycles. The molecule has 0 spiro atoms. The van der Waals surface area contributed by atoms with Gasteiger partial charge >= 0.3 is 0 Å². The molecule has 0 aliphatic heterocycles. The van der Waals surface area contributed by atoms with Crippen molar-refractivity contribution in [3.8, 4) is 5.75 Å². The summed E-state index contributed by atoms with van der Waals surface area (Å²) >= 11 is 0. The molecule has 2 rings (SSSR count). The lowest BCUT2D eigenvalue weighted by molar-refractivity contribution is 0.102.